The number of nitrogens with one attached hydrogen (secondary N) is 1. The number of benzene rings is 1. The van der Waals surface area contributed by atoms with Gasteiger partial charge in [-0.05, 0) is 26.0 Å². The van der Waals surface area contributed by atoms with Crippen molar-refractivity contribution in [2.45, 2.75) is 13.8 Å². The molecule has 0 atom stereocenters. The molecule has 9 nitrogen and oxygen atoms in total. The molecule has 9 heteroatoms. The van der Waals surface area contributed by atoms with Gasteiger partial charge in [-0.2, -0.15) is 4.98 Å². The molecule has 2 fully saturated rings. The van der Waals surface area contributed by atoms with Crippen molar-refractivity contribution in [1.82, 2.24) is 14.9 Å². The summed E-state index contributed by atoms with van der Waals surface area (Å²) in [5.41, 5.74) is 1.64. The van der Waals surface area contributed by atoms with Crippen molar-refractivity contribution in [2.75, 3.05) is 74.2 Å². The summed E-state index contributed by atoms with van der Waals surface area (Å²) in [6.07, 6.45) is 0. The first-order chi connectivity index (χ1) is 15.1. The molecule has 0 aliphatic carbocycles. The molecule has 166 valence electrons. The Balaban J connectivity index is 1.37. The number of urea groups is 1. The maximum atomic E-state index is 12.8. The normalized spacial score (nSPS) is 16.9. The maximum Gasteiger partial charge on any atom is 0.322 e. The molecule has 1 aromatic heterocycles. The number of piperazine rings is 1. The summed E-state index contributed by atoms with van der Waals surface area (Å²) in [5, 5.41) is 2.98. The Morgan fingerprint density at radius 1 is 1.06 bits per heavy atom. The standard InChI is InChI=1S/C22H30N6O3/c1-3-31-19-7-5-4-6-18(19)24-22(29)28-10-8-26(9-11-28)20-16-17(2)23-21(25-20)27-12-14-30-15-13-27/h4-7,16H,3,8-15H2,1-2H3,(H,24,29). The number of hydrogen-bond donors (Lipinski definition) is 1. The van der Waals surface area contributed by atoms with Gasteiger partial charge in [0.2, 0.25) is 5.95 Å². The molecule has 31 heavy (non-hydrogen) atoms. The van der Waals surface area contributed by atoms with E-state index in [1.165, 1.54) is 0 Å². The zero-order chi connectivity index (χ0) is 21.6. The molecule has 2 aliphatic heterocycles. The highest BCUT2D eigenvalue weighted by Gasteiger charge is 2.24. The van der Waals surface area contributed by atoms with Crippen molar-refractivity contribution in [1.29, 1.82) is 0 Å². The fourth-order valence-electron chi connectivity index (χ4n) is 3.79. The number of aromatic nitrogens is 2. The number of morpholine rings is 1. The first-order valence-electron chi connectivity index (χ1n) is 10.8. The van der Waals surface area contributed by atoms with Crippen LogP contribution in [0.2, 0.25) is 0 Å². The monoisotopic (exact) mass is 426 g/mol. The highest BCUT2D eigenvalue weighted by atomic mass is 16.5. The number of carbonyl (C=O) groups is 1. The Morgan fingerprint density at radius 2 is 1.81 bits per heavy atom. The van der Waals surface area contributed by atoms with Gasteiger partial charge in [-0.25, -0.2) is 9.78 Å². The van der Waals surface area contributed by atoms with Crippen molar-refractivity contribution < 1.29 is 14.3 Å². The van der Waals surface area contributed by atoms with Crippen LogP contribution in [0.3, 0.4) is 0 Å². The first kappa shape index (κ1) is 21.2. The quantitative estimate of drug-likeness (QED) is 0.786. The van der Waals surface area contributed by atoms with Gasteiger partial charge in [0.15, 0.2) is 0 Å². The zero-order valence-corrected chi connectivity index (χ0v) is 18.2. The second-order valence-corrected chi connectivity index (χ2v) is 7.60. The predicted octanol–water partition coefficient (Wildman–Crippen LogP) is 2.37. The van der Waals surface area contributed by atoms with Crippen molar-refractivity contribution in [3.05, 3.63) is 36.0 Å². The molecule has 1 N–H and O–H groups in total. The molecule has 1 aromatic carbocycles. The second kappa shape index (κ2) is 9.82. The molecule has 2 amide bonds. The van der Waals surface area contributed by atoms with Crippen LogP contribution in [0.15, 0.2) is 30.3 Å². The first-order valence-corrected chi connectivity index (χ1v) is 10.8. The molecule has 2 aromatic rings. The molecule has 0 saturated carbocycles. The molecule has 0 spiro atoms. The summed E-state index contributed by atoms with van der Waals surface area (Å²) < 4.78 is 11.0. The van der Waals surface area contributed by atoms with Gasteiger partial charge in [-0.3, -0.25) is 0 Å². The van der Waals surface area contributed by atoms with E-state index < -0.39 is 0 Å². The lowest BCUT2D eigenvalue weighted by Crippen LogP contribution is -2.50. The summed E-state index contributed by atoms with van der Waals surface area (Å²) in [7, 11) is 0. The molecular weight excluding hydrogens is 396 g/mol. The van der Waals surface area contributed by atoms with Crippen LogP contribution >= 0.6 is 0 Å². The van der Waals surface area contributed by atoms with Crippen LogP contribution in [-0.2, 0) is 4.74 Å². The molecule has 2 saturated heterocycles. The number of hydrogen-bond acceptors (Lipinski definition) is 7. The average molecular weight is 427 g/mol. The third kappa shape index (κ3) is 5.16. The number of para-hydroxylation sites is 2. The second-order valence-electron chi connectivity index (χ2n) is 7.60. The fraction of sp³-hybridized carbons (Fsp3) is 0.500. The lowest BCUT2D eigenvalue weighted by Gasteiger charge is -2.36. The molecular formula is C22H30N6O3. The van der Waals surface area contributed by atoms with Crippen LogP contribution in [0.1, 0.15) is 12.6 Å². The third-order valence-electron chi connectivity index (χ3n) is 5.44. The Hall–Kier alpha value is -3.07. The molecule has 0 unspecified atom stereocenters. The van der Waals surface area contributed by atoms with E-state index in [1.54, 1.807) is 0 Å². The van der Waals surface area contributed by atoms with Gasteiger partial charge >= 0.3 is 6.03 Å². The van der Waals surface area contributed by atoms with Crippen LogP contribution < -0.4 is 19.9 Å². The SMILES string of the molecule is CCOc1ccccc1NC(=O)N1CCN(c2cc(C)nc(N3CCOCC3)n2)CC1. The molecule has 0 radical (unpaired) electrons. The average Bonchev–Trinajstić information content (AvgIpc) is 2.81. The van der Waals surface area contributed by atoms with Crippen LogP contribution in [-0.4, -0.2) is 80.0 Å². The van der Waals surface area contributed by atoms with Crippen LogP contribution in [0.25, 0.3) is 0 Å². The summed E-state index contributed by atoms with van der Waals surface area (Å²) in [6.45, 7) is 10.2. The highest BCUT2D eigenvalue weighted by molar-refractivity contribution is 5.91. The maximum absolute atomic E-state index is 12.8. The number of aryl methyl sites for hydroxylation is 1. The predicted molar refractivity (Wildman–Crippen MR) is 120 cm³/mol. The van der Waals surface area contributed by atoms with Crippen molar-refractivity contribution >= 4 is 23.5 Å². The lowest BCUT2D eigenvalue weighted by molar-refractivity contribution is 0.122. The van der Waals surface area contributed by atoms with Crippen LogP contribution in [0.5, 0.6) is 5.75 Å². The van der Waals surface area contributed by atoms with E-state index in [0.29, 0.717) is 44.3 Å². The minimum atomic E-state index is -0.111. The van der Waals surface area contributed by atoms with Crippen molar-refractivity contribution in [2.24, 2.45) is 0 Å². The minimum Gasteiger partial charge on any atom is -0.492 e. The number of carbonyl (C=O) groups excluding carboxylic acids is 1. The number of nitrogens with zero attached hydrogens (tertiary/aromatic N) is 5. The Kier molecular flexibility index (Phi) is 6.71. The van der Waals surface area contributed by atoms with Gasteiger partial charge in [0.1, 0.15) is 11.6 Å². The summed E-state index contributed by atoms with van der Waals surface area (Å²) in [5.74, 6) is 2.35. The summed E-state index contributed by atoms with van der Waals surface area (Å²) >= 11 is 0. The van der Waals surface area contributed by atoms with Gasteiger partial charge in [-0.1, -0.05) is 12.1 Å². The molecule has 2 aliphatic rings. The topological polar surface area (TPSA) is 83.1 Å². The van der Waals surface area contributed by atoms with Crippen molar-refractivity contribution in [3.63, 3.8) is 0 Å². The van der Waals surface area contributed by atoms with E-state index >= 15 is 0 Å². The summed E-state index contributed by atoms with van der Waals surface area (Å²) in [6, 6.07) is 9.40. The molecule has 3 heterocycles. The van der Waals surface area contributed by atoms with E-state index in [9.17, 15) is 4.79 Å². The third-order valence-corrected chi connectivity index (χ3v) is 5.44. The van der Waals surface area contributed by atoms with E-state index in [2.05, 4.69) is 20.1 Å². The summed E-state index contributed by atoms with van der Waals surface area (Å²) in [4.78, 5) is 28.4. The smallest absolute Gasteiger partial charge is 0.322 e. The fourth-order valence-corrected chi connectivity index (χ4v) is 3.79. The Bertz CT molecular complexity index is 895. The van der Waals surface area contributed by atoms with E-state index in [1.807, 2.05) is 49.1 Å². The van der Waals surface area contributed by atoms with E-state index in [-0.39, 0.29) is 6.03 Å². The number of rotatable bonds is 5. The minimum absolute atomic E-state index is 0.111. The number of anilines is 3. The van der Waals surface area contributed by atoms with Gasteiger partial charge in [0, 0.05) is 51.0 Å². The molecule has 0 bridgehead atoms. The van der Waals surface area contributed by atoms with Crippen molar-refractivity contribution in [3.8, 4) is 5.75 Å². The van der Waals surface area contributed by atoms with E-state index in [4.69, 9.17) is 14.5 Å². The Labute approximate surface area is 183 Å². The zero-order valence-electron chi connectivity index (χ0n) is 18.2. The van der Waals surface area contributed by atoms with Gasteiger partial charge in [-0.15, -0.1) is 0 Å². The van der Waals surface area contributed by atoms with Gasteiger partial charge < -0.3 is 29.5 Å². The Morgan fingerprint density at radius 3 is 2.55 bits per heavy atom. The lowest BCUT2D eigenvalue weighted by atomic mass is 10.3. The van der Waals surface area contributed by atoms with E-state index in [0.717, 1.165) is 43.6 Å². The van der Waals surface area contributed by atoms with Gasteiger partial charge in [0.25, 0.3) is 0 Å². The number of amides is 2. The van der Waals surface area contributed by atoms with Crippen LogP contribution in [0.4, 0.5) is 22.2 Å². The highest BCUT2D eigenvalue weighted by Crippen LogP contribution is 2.25. The van der Waals surface area contributed by atoms with Crippen LogP contribution in [0, 0.1) is 6.92 Å². The molecule has 4 rings (SSSR count). The largest absolute Gasteiger partial charge is 0.492 e. The number of ether oxygens (including phenoxy) is 2. The van der Waals surface area contributed by atoms with Gasteiger partial charge in [0.05, 0.1) is 25.5 Å².